The summed E-state index contributed by atoms with van der Waals surface area (Å²) >= 11 is 3.42. The van der Waals surface area contributed by atoms with Gasteiger partial charge in [-0.05, 0) is 45.4 Å². The molecule has 0 radical (unpaired) electrons. The minimum atomic E-state index is 0.536. The molecule has 0 aliphatic carbocycles. The number of tetrazole rings is 1. The number of aryl methyl sites for hydroxylation is 1. The zero-order valence-electron chi connectivity index (χ0n) is 8.80. The van der Waals surface area contributed by atoms with Crippen molar-refractivity contribution in [1.29, 1.82) is 0 Å². The van der Waals surface area contributed by atoms with Gasteiger partial charge in [0, 0.05) is 0 Å². The maximum atomic E-state index is 5.60. The lowest BCUT2D eigenvalue weighted by atomic mass is 10.3. The summed E-state index contributed by atoms with van der Waals surface area (Å²) in [5.41, 5.74) is 0. The van der Waals surface area contributed by atoms with E-state index in [9.17, 15) is 0 Å². The molecule has 0 saturated heterocycles. The Bertz CT molecular complexity index is 471. The van der Waals surface area contributed by atoms with E-state index in [4.69, 9.17) is 4.74 Å². The monoisotopic (exact) mass is 282 g/mol. The number of rotatable bonds is 4. The summed E-state index contributed by atoms with van der Waals surface area (Å²) in [6.07, 6.45) is 0. The molecule has 0 aliphatic rings. The van der Waals surface area contributed by atoms with Gasteiger partial charge in [0.1, 0.15) is 18.2 Å². The van der Waals surface area contributed by atoms with E-state index in [1.807, 2.05) is 31.2 Å². The molecule has 0 atom stereocenters. The van der Waals surface area contributed by atoms with Gasteiger partial charge in [0.25, 0.3) is 0 Å². The van der Waals surface area contributed by atoms with Gasteiger partial charge in [-0.15, -0.1) is 5.10 Å². The van der Waals surface area contributed by atoms with E-state index in [0.29, 0.717) is 13.2 Å². The molecule has 0 bridgehead atoms. The highest BCUT2D eigenvalue weighted by molar-refractivity contribution is 9.10. The molecule has 6 heteroatoms. The predicted molar refractivity (Wildman–Crippen MR) is 62.2 cm³/mol. The molecule has 84 valence electrons. The van der Waals surface area contributed by atoms with Crippen molar-refractivity contribution in [3.63, 3.8) is 0 Å². The molecule has 0 aliphatic heterocycles. The fraction of sp³-hybridized carbons (Fsp3) is 0.300. The van der Waals surface area contributed by atoms with Crippen molar-refractivity contribution in [1.82, 2.24) is 20.2 Å². The van der Waals surface area contributed by atoms with Gasteiger partial charge in [0.05, 0.1) is 11.0 Å². The van der Waals surface area contributed by atoms with Gasteiger partial charge >= 0.3 is 0 Å². The highest BCUT2D eigenvalue weighted by Crippen LogP contribution is 2.23. The average molecular weight is 283 g/mol. The van der Waals surface area contributed by atoms with Crippen molar-refractivity contribution in [2.45, 2.75) is 13.5 Å². The first kappa shape index (κ1) is 11.1. The maximum Gasteiger partial charge on any atom is 0.148 e. The predicted octanol–water partition coefficient (Wildman–Crippen LogP) is 1.82. The summed E-state index contributed by atoms with van der Waals surface area (Å²) in [6.45, 7) is 3.03. The normalized spacial score (nSPS) is 10.4. The number of aromatic nitrogens is 4. The maximum absolute atomic E-state index is 5.60. The molecule has 0 unspecified atom stereocenters. The summed E-state index contributed by atoms with van der Waals surface area (Å²) in [6, 6.07) is 7.74. The molecule has 0 amide bonds. The van der Waals surface area contributed by atoms with Crippen molar-refractivity contribution in [2.75, 3.05) is 6.61 Å². The van der Waals surface area contributed by atoms with Crippen LogP contribution in [0.25, 0.3) is 0 Å². The van der Waals surface area contributed by atoms with E-state index < -0.39 is 0 Å². The van der Waals surface area contributed by atoms with Crippen LogP contribution >= 0.6 is 15.9 Å². The first-order chi connectivity index (χ1) is 7.77. The number of ether oxygens (including phenoxy) is 1. The third-order valence-electron chi connectivity index (χ3n) is 2.11. The van der Waals surface area contributed by atoms with Crippen LogP contribution in [0.1, 0.15) is 5.82 Å². The number of hydrogen-bond donors (Lipinski definition) is 0. The Hall–Kier alpha value is -1.43. The highest BCUT2D eigenvalue weighted by atomic mass is 79.9. The zero-order valence-corrected chi connectivity index (χ0v) is 10.4. The second-order valence-electron chi connectivity index (χ2n) is 3.23. The smallest absolute Gasteiger partial charge is 0.148 e. The lowest BCUT2D eigenvalue weighted by molar-refractivity contribution is 0.286. The molecule has 1 aromatic heterocycles. The fourth-order valence-corrected chi connectivity index (χ4v) is 1.66. The Kier molecular flexibility index (Phi) is 3.51. The van der Waals surface area contributed by atoms with Crippen LogP contribution in [0.2, 0.25) is 0 Å². The third-order valence-corrected chi connectivity index (χ3v) is 2.76. The van der Waals surface area contributed by atoms with E-state index in [0.717, 1.165) is 16.0 Å². The second-order valence-corrected chi connectivity index (χ2v) is 4.08. The van der Waals surface area contributed by atoms with E-state index >= 15 is 0 Å². The lowest BCUT2D eigenvalue weighted by Crippen LogP contribution is -2.11. The molecule has 1 heterocycles. The number of para-hydroxylation sites is 1. The molecule has 0 fully saturated rings. The fourth-order valence-electron chi connectivity index (χ4n) is 1.26. The quantitative estimate of drug-likeness (QED) is 0.859. The summed E-state index contributed by atoms with van der Waals surface area (Å²) in [7, 11) is 0. The topological polar surface area (TPSA) is 52.8 Å². The Balaban J connectivity index is 1.89. The molecule has 1 aromatic carbocycles. The van der Waals surface area contributed by atoms with Crippen molar-refractivity contribution >= 4 is 15.9 Å². The number of benzene rings is 1. The van der Waals surface area contributed by atoms with Crippen LogP contribution < -0.4 is 4.74 Å². The molecule has 2 aromatic rings. The molecular formula is C10H11BrN4O. The van der Waals surface area contributed by atoms with Crippen LogP contribution in [0.3, 0.4) is 0 Å². The minimum absolute atomic E-state index is 0.536. The van der Waals surface area contributed by atoms with Crippen LogP contribution in [0.5, 0.6) is 5.75 Å². The standard InChI is InChI=1S/C10H11BrN4O/c1-8-12-13-14-15(8)6-7-16-10-5-3-2-4-9(10)11/h2-5H,6-7H2,1H3. The number of nitrogens with zero attached hydrogens (tertiary/aromatic N) is 4. The van der Waals surface area contributed by atoms with Crippen LogP contribution in [0.15, 0.2) is 28.7 Å². The lowest BCUT2D eigenvalue weighted by Gasteiger charge is -2.07. The molecule has 0 N–H and O–H groups in total. The van der Waals surface area contributed by atoms with Gasteiger partial charge in [-0.1, -0.05) is 12.1 Å². The molecule has 5 nitrogen and oxygen atoms in total. The Morgan fingerprint density at radius 3 is 2.88 bits per heavy atom. The van der Waals surface area contributed by atoms with E-state index in [2.05, 4.69) is 31.5 Å². The first-order valence-electron chi connectivity index (χ1n) is 4.87. The summed E-state index contributed by atoms with van der Waals surface area (Å²) in [4.78, 5) is 0. The van der Waals surface area contributed by atoms with Gasteiger partial charge in [-0.2, -0.15) is 0 Å². The summed E-state index contributed by atoms with van der Waals surface area (Å²) in [5.74, 6) is 1.61. The van der Waals surface area contributed by atoms with E-state index in [1.54, 1.807) is 4.68 Å². The molecule has 2 rings (SSSR count). The summed E-state index contributed by atoms with van der Waals surface area (Å²) in [5, 5.41) is 11.2. The van der Waals surface area contributed by atoms with Crippen LogP contribution in [-0.4, -0.2) is 26.8 Å². The van der Waals surface area contributed by atoms with Crippen molar-refractivity contribution in [3.05, 3.63) is 34.6 Å². The summed E-state index contributed by atoms with van der Waals surface area (Å²) < 4.78 is 8.25. The van der Waals surface area contributed by atoms with Gasteiger partial charge in [-0.3, -0.25) is 0 Å². The van der Waals surface area contributed by atoms with E-state index in [1.165, 1.54) is 0 Å². The van der Waals surface area contributed by atoms with Gasteiger partial charge in [0.15, 0.2) is 0 Å². The zero-order chi connectivity index (χ0) is 11.4. The van der Waals surface area contributed by atoms with Gasteiger partial charge in [0.2, 0.25) is 0 Å². The van der Waals surface area contributed by atoms with E-state index in [-0.39, 0.29) is 0 Å². The van der Waals surface area contributed by atoms with Crippen molar-refractivity contribution < 1.29 is 4.74 Å². The van der Waals surface area contributed by atoms with Crippen molar-refractivity contribution in [3.8, 4) is 5.75 Å². The Labute approximate surface area is 102 Å². The second kappa shape index (κ2) is 5.07. The first-order valence-corrected chi connectivity index (χ1v) is 5.67. The highest BCUT2D eigenvalue weighted by Gasteiger charge is 2.02. The molecular weight excluding hydrogens is 272 g/mol. The van der Waals surface area contributed by atoms with Gasteiger partial charge < -0.3 is 4.74 Å². The Morgan fingerprint density at radius 2 is 2.19 bits per heavy atom. The minimum Gasteiger partial charge on any atom is -0.490 e. The van der Waals surface area contributed by atoms with Gasteiger partial charge in [-0.25, -0.2) is 4.68 Å². The van der Waals surface area contributed by atoms with Crippen LogP contribution in [-0.2, 0) is 6.54 Å². The molecule has 0 saturated carbocycles. The molecule has 16 heavy (non-hydrogen) atoms. The number of halogens is 1. The van der Waals surface area contributed by atoms with Crippen LogP contribution in [0, 0.1) is 6.92 Å². The SMILES string of the molecule is Cc1nnnn1CCOc1ccccc1Br. The third kappa shape index (κ3) is 2.57. The molecule has 0 spiro atoms. The Morgan fingerprint density at radius 1 is 1.38 bits per heavy atom. The average Bonchev–Trinajstić information content (AvgIpc) is 2.67. The number of hydrogen-bond acceptors (Lipinski definition) is 4. The van der Waals surface area contributed by atoms with Crippen LogP contribution in [0.4, 0.5) is 0 Å². The van der Waals surface area contributed by atoms with Crippen molar-refractivity contribution in [2.24, 2.45) is 0 Å². The largest absolute Gasteiger partial charge is 0.490 e.